The van der Waals surface area contributed by atoms with Gasteiger partial charge in [-0.15, -0.1) is 0 Å². The lowest BCUT2D eigenvalue weighted by molar-refractivity contribution is 0.316. The van der Waals surface area contributed by atoms with E-state index >= 15 is 0 Å². The first-order chi connectivity index (χ1) is 6.69. The van der Waals surface area contributed by atoms with Crippen LogP contribution in [0.4, 0.5) is 0 Å². The van der Waals surface area contributed by atoms with Crippen LogP contribution in [0, 0.1) is 11.3 Å². The average Bonchev–Trinajstić information content (AvgIpc) is 2.27. The molecule has 3 heteroatoms. The smallest absolute Gasteiger partial charge is 0.0991 e. The summed E-state index contributed by atoms with van der Waals surface area (Å²) in [5.74, 6) is 0.0766. The second-order valence-electron chi connectivity index (χ2n) is 3.20. The molecular weight excluding hydrogens is 176 g/mol. The van der Waals surface area contributed by atoms with Crippen molar-refractivity contribution < 1.29 is 5.21 Å². The maximum absolute atomic E-state index is 8.61. The van der Waals surface area contributed by atoms with Gasteiger partial charge in [0, 0.05) is 5.92 Å². The molecule has 72 valence electrons. The maximum atomic E-state index is 8.61. The van der Waals surface area contributed by atoms with E-state index in [1.54, 1.807) is 19.1 Å². The minimum atomic E-state index is 0.0766. The third kappa shape index (κ3) is 2.11. The third-order valence-electron chi connectivity index (χ3n) is 2.32. The molecule has 0 fully saturated rings. The highest BCUT2D eigenvalue weighted by atomic mass is 16.4. The van der Waals surface area contributed by atoms with Gasteiger partial charge in [-0.05, 0) is 24.6 Å². The van der Waals surface area contributed by atoms with E-state index in [1.165, 1.54) is 0 Å². The monoisotopic (exact) mass is 188 g/mol. The Bertz CT molecular complexity index is 373. The van der Waals surface area contributed by atoms with Gasteiger partial charge >= 0.3 is 0 Å². The highest BCUT2D eigenvalue weighted by molar-refractivity contribution is 5.87. The van der Waals surface area contributed by atoms with E-state index in [-0.39, 0.29) is 5.92 Å². The number of nitrogens with zero attached hydrogens (tertiary/aromatic N) is 2. The number of hydrogen-bond donors (Lipinski definition) is 1. The lowest BCUT2D eigenvalue weighted by atomic mass is 9.96. The van der Waals surface area contributed by atoms with Crippen molar-refractivity contribution in [1.29, 1.82) is 5.26 Å². The van der Waals surface area contributed by atoms with Crippen LogP contribution < -0.4 is 0 Å². The minimum Gasteiger partial charge on any atom is -0.411 e. The van der Waals surface area contributed by atoms with Crippen molar-refractivity contribution in [3.63, 3.8) is 0 Å². The zero-order valence-electron chi connectivity index (χ0n) is 8.23. The van der Waals surface area contributed by atoms with E-state index < -0.39 is 0 Å². The molecule has 1 unspecified atom stereocenters. The van der Waals surface area contributed by atoms with Gasteiger partial charge in [-0.2, -0.15) is 5.26 Å². The summed E-state index contributed by atoms with van der Waals surface area (Å²) >= 11 is 0. The molecule has 0 spiro atoms. The Morgan fingerprint density at radius 2 is 2.00 bits per heavy atom. The summed E-state index contributed by atoms with van der Waals surface area (Å²) in [6.45, 7) is 3.72. The van der Waals surface area contributed by atoms with Gasteiger partial charge in [0.25, 0.3) is 0 Å². The lowest BCUT2D eigenvalue weighted by Crippen LogP contribution is -2.04. The molecule has 0 heterocycles. The normalized spacial score (nSPS) is 13.4. The maximum Gasteiger partial charge on any atom is 0.0991 e. The fourth-order valence-electron chi connectivity index (χ4n) is 1.17. The summed E-state index contributed by atoms with van der Waals surface area (Å²) in [6, 6.07) is 9.32. The molecule has 0 aliphatic rings. The van der Waals surface area contributed by atoms with Crippen LogP contribution in [0.1, 0.15) is 30.9 Å². The average molecular weight is 188 g/mol. The Morgan fingerprint density at radius 3 is 2.43 bits per heavy atom. The van der Waals surface area contributed by atoms with Gasteiger partial charge in [0.1, 0.15) is 0 Å². The Kier molecular flexibility index (Phi) is 3.24. The Labute approximate surface area is 83.3 Å². The van der Waals surface area contributed by atoms with Crippen LogP contribution in [-0.4, -0.2) is 10.9 Å². The molecule has 0 aliphatic heterocycles. The first-order valence-electron chi connectivity index (χ1n) is 4.37. The number of oxime groups is 1. The zero-order valence-corrected chi connectivity index (χ0v) is 8.23. The van der Waals surface area contributed by atoms with Crippen LogP contribution in [-0.2, 0) is 0 Å². The predicted molar refractivity (Wildman–Crippen MR) is 54.5 cm³/mol. The number of nitriles is 1. The standard InChI is InChI=1S/C11H12N2O/c1-8(9(2)13-14)11-5-3-10(7-12)4-6-11/h3-6,8,14H,1-2H3/b13-9+. The molecule has 0 aliphatic carbocycles. The minimum absolute atomic E-state index is 0.0766. The predicted octanol–water partition coefficient (Wildman–Crippen LogP) is 2.51. The van der Waals surface area contributed by atoms with Crippen LogP contribution in [0.25, 0.3) is 0 Å². The van der Waals surface area contributed by atoms with Crippen LogP contribution in [0.15, 0.2) is 29.4 Å². The van der Waals surface area contributed by atoms with Crippen molar-refractivity contribution in [2.75, 3.05) is 0 Å². The highest BCUT2D eigenvalue weighted by Gasteiger charge is 2.08. The van der Waals surface area contributed by atoms with E-state index in [0.29, 0.717) is 11.3 Å². The number of rotatable bonds is 2. The molecule has 1 aromatic carbocycles. The van der Waals surface area contributed by atoms with Crippen LogP contribution in [0.5, 0.6) is 0 Å². The summed E-state index contributed by atoms with van der Waals surface area (Å²) in [5.41, 5.74) is 2.34. The lowest BCUT2D eigenvalue weighted by Gasteiger charge is -2.09. The van der Waals surface area contributed by atoms with Gasteiger partial charge in [-0.3, -0.25) is 0 Å². The molecule has 3 nitrogen and oxygen atoms in total. The molecule has 14 heavy (non-hydrogen) atoms. The molecule has 0 saturated heterocycles. The van der Waals surface area contributed by atoms with Gasteiger partial charge in [0.05, 0.1) is 17.3 Å². The topological polar surface area (TPSA) is 56.4 Å². The van der Waals surface area contributed by atoms with Gasteiger partial charge < -0.3 is 5.21 Å². The molecular formula is C11H12N2O. The van der Waals surface area contributed by atoms with Crippen LogP contribution in [0.2, 0.25) is 0 Å². The fourth-order valence-corrected chi connectivity index (χ4v) is 1.17. The van der Waals surface area contributed by atoms with Crippen molar-refractivity contribution in [3.05, 3.63) is 35.4 Å². The van der Waals surface area contributed by atoms with Crippen molar-refractivity contribution in [1.82, 2.24) is 0 Å². The molecule has 0 aromatic heterocycles. The van der Waals surface area contributed by atoms with Crippen molar-refractivity contribution in [2.45, 2.75) is 19.8 Å². The van der Waals surface area contributed by atoms with Crippen LogP contribution in [0.3, 0.4) is 0 Å². The van der Waals surface area contributed by atoms with Gasteiger partial charge in [-0.25, -0.2) is 0 Å². The number of benzene rings is 1. The molecule has 1 atom stereocenters. The Morgan fingerprint density at radius 1 is 1.43 bits per heavy atom. The Hall–Kier alpha value is -1.82. The molecule has 0 saturated carbocycles. The van der Waals surface area contributed by atoms with Crippen molar-refractivity contribution in [3.8, 4) is 6.07 Å². The van der Waals surface area contributed by atoms with E-state index in [2.05, 4.69) is 11.2 Å². The summed E-state index contributed by atoms with van der Waals surface area (Å²) < 4.78 is 0. The van der Waals surface area contributed by atoms with Crippen LogP contribution >= 0.6 is 0 Å². The molecule has 1 N–H and O–H groups in total. The summed E-state index contributed by atoms with van der Waals surface area (Å²) in [7, 11) is 0. The fraction of sp³-hybridized carbons (Fsp3) is 0.273. The summed E-state index contributed by atoms with van der Waals surface area (Å²) in [6.07, 6.45) is 0. The summed E-state index contributed by atoms with van der Waals surface area (Å²) in [5, 5.41) is 20.4. The van der Waals surface area contributed by atoms with E-state index in [4.69, 9.17) is 10.5 Å². The first kappa shape index (κ1) is 10.3. The first-order valence-corrected chi connectivity index (χ1v) is 4.37. The highest BCUT2D eigenvalue weighted by Crippen LogP contribution is 2.17. The zero-order chi connectivity index (χ0) is 10.6. The van der Waals surface area contributed by atoms with Gasteiger partial charge in [0.2, 0.25) is 0 Å². The Balaban J connectivity index is 2.93. The SMILES string of the molecule is C/C(=N\O)C(C)c1ccc(C#N)cc1. The summed E-state index contributed by atoms with van der Waals surface area (Å²) in [4.78, 5) is 0. The second-order valence-corrected chi connectivity index (χ2v) is 3.20. The molecule has 1 rings (SSSR count). The number of hydrogen-bond acceptors (Lipinski definition) is 3. The third-order valence-corrected chi connectivity index (χ3v) is 2.32. The van der Waals surface area contributed by atoms with E-state index in [9.17, 15) is 0 Å². The van der Waals surface area contributed by atoms with Gasteiger partial charge in [0.15, 0.2) is 0 Å². The second kappa shape index (κ2) is 4.43. The van der Waals surface area contributed by atoms with E-state index in [0.717, 1.165) is 5.56 Å². The molecule has 0 bridgehead atoms. The van der Waals surface area contributed by atoms with E-state index in [1.807, 2.05) is 19.1 Å². The van der Waals surface area contributed by atoms with Crippen molar-refractivity contribution in [2.24, 2.45) is 5.16 Å². The molecule has 0 radical (unpaired) electrons. The van der Waals surface area contributed by atoms with Gasteiger partial charge in [-0.1, -0.05) is 24.2 Å². The largest absolute Gasteiger partial charge is 0.411 e. The van der Waals surface area contributed by atoms with Crippen molar-refractivity contribution >= 4 is 5.71 Å². The molecule has 1 aromatic rings. The quantitative estimate of drug-likeness (QED) is 0.440. The molecule has 0 amide bonds.